The molecule has 0 radical (unpaired) electrons. The van der Waals surface area contributed by atoms with Gasteiger partial charge in [0.15, 0.2) is 0 Å². The third kappa shape index (κ3) is 3.66. The molecule has 0 fully saturated rings. The van der Waals surface area contributed by atoms with Crippen molar-refractivity contribution in [3.63, 3.8) is 0 Å². The number of fused-ring (bicyclic) bond motifs is 1. The van der Waals surface area contributed by atoms with Gasteiger partial charge in [-0.05, 0) is 30.7 Å². The number of nitrogens with zero attached hydrogens (tertiary/aromatic N) is 1. The van der Waals surface area contributed by atoms with Gasteiger partial charge in [-0.2, -0.15) is 0 Å². The number of pyridine rings is 1. The van der Waals surface area contributed by atoms with Crippen LogP contribution < -0.4 is 10.3 Å². The van der Waals surface area contributed by atoms with Crippen LogP contribution in [0, 0.1) is 0 Å². The predicted molar refractivity (Wildman–Crippen MR) is 101 cm³/mol. The molecule has 0 aliphatic heterocycles. The van der Waals surface area contributed by atoms with Crippen LogP contribution in [0.15, 0.2) is 59.7 Å². The van der Waals surface area contributed by atoms with Crippen LogP contribution >= 0.6 is 0 Å². The average molecular weight is 357 g/mol. The quantitative estimate of drug-likeness (QED) is 0.689. The van der Waals surface area contributed by atoms with Gasteiger partial charge in [0, 0.05) is 35.6 Å². The Bertz CT molecular complexity index is 1090. The van der Waals surface area contributed by atoms with E-state index in [1.165, 1.54) is 0 Å². The minimum Gasteiger partial charge on any atom is -0.357 e. The van der Waals surface area contributed by atoms with Crippen LogP contribution in [-0.2, 0) is 16.6 Å². The topological polar surface area (TPSA) is 84.0 Å². The third-order valence-electron chi connectivity index (χ3n) is 3.83. The summed E-state index contributed by atoms with van der Waals surface area (Å²) >= 11 is 0. The van der Waals surface area contributed by atoms with Crippen molar-refractivity contribution in [2.24, 2.45) is 0 Å². The first-order chi connectivity index (χ1) is 11.9. The van der Waals surface area contributed by atoms with Crippen molar-refractivity contribution >= 4 is 26.6 Å². The Hall–Kier alpha value is -2.80. The van der Waals surface area contributed by atoms with E-state index in [0.717, 1.165) is 22.8 Å². The number of hydrogen-bond donors (Lipinski definition) is 2. The zero-order valence-corrected chi connectivity index (χ0v) is 14.8. The van der Waals surface area contributed by atoms with Crippen LogP contribution in [0.4, 0.5) is 5.69 Å². The number of aromatic nitrogens is 2. The van der Waals surface area contributed by atoms with E-state index in [9.17, 15) is 13.2 Å². The number of rotatable bonds is 5. The van der Waals surface area contributed by atoms with Crippen LogP contribution in [-0.4, -0.2) is 24.2 Å². The van der Waals surface area contributed by atoms with Gasteiger partial charge < -0.3 is 9.55 Å². The maximum absolute atomic E-state index is 12.5. The first-order valence-corrected chi connectivity index (χ1v) is 9.68. The van der Waals surface area contributed by atoms with Crippen LogP contribution in [0.2, 0.25) is 0 Å². The van der Waals surface area contributed by atoms with Gasteiger partial charge in [0.1, 0.15) is 5.52 Å². The number of hydrogen-bond acceptors (Lipinski definition) is 3. The number of H-pyrrole nitrogens is 1. The molecule has 7 heteroatoms. The van der Waals surface area contributed by atoms with Crippen LogP contribution in [0.1, 0.15) is 6.92 Å². The molecular formula is C18H19N3O3S. The minimum absolute atomic E-state index is 0.0720. The van der Waals surface area contributed by atoms with Gasteiger partial charge in [-0.15, -0.1) is 0 Å². The lowest BCUT2D eigenvalue weighted by atomic mass is 10.0. The summed E-state index contributed by atoms with van der Waals surface area (Å²) in [5.41, 5.74) is 2.79. The highest BCUT2D eigenvalue weighted by Gasteiger charge is 2.11. The SMILES string of the molecule is CC=CCn1cc(-c2ccc(NS(C)(=O)=O)cc2)c2cc[nH]c2c1=O. The largest absolute Gasteiger partial charge is 0.357 e. The van der Waals surface area contributed by atoms with Crippen molar-refractivity contribution in [1.82, 2.24) is 9.55 Å². The predicted octanol–water partition coefficient (Wildman–Crippen LogP) is 2.94. The molecule has 0 amide bonds. The van der Waals surface area contributed by atoms with E-state index < -0.39 is 10.0 Å². The van der Waals surface area contributed by atoms with Crippen LogP contribution in [0.5, 0.6) is 0 Å². The molecule has 2 heterocycles. The fraction of sp³-hybridized carbons (Fsp3) is 0.167. The number of anilines is 1. The van der Waals surface area contributed by atoms with Gasteiger partial charge >= 0.3 is 0 Å². The van der Waals surface area contributed by atoms with Gasteiger partial charge in [0.2, 0.25) is 10.0 Å². The first-order valence-electron chi connectivity index (χ1n) is 7.79. The molecule has 3 rings (SSSR count). The standard InChI is InChI=1S/C18H19N3O3S/c1-3-4-11-21-12-16(15-9-10-19-17(15)18(21)22)13-5-7-14(8-6-13)20-25(2,23)24/h3-10,12,19-20H,11H2,1-2H3. The molecular weight excluding hydrogens is 338 g/mol. The average Bonchev–Trinajstić information content (AvgIpc) is 3.04. The van der Waals surface area contributed by atoms with Crippen molar-refractivity contribution in [3.05, 3.63) is 65.2 Å². The van der Waals surface area contributed by atoms with E-state index in [-0.39, 0.29) is 5.56 Å². The zero-order valence-electron chi connectivity index (χ0n) is 14.0. The van der Waals surface area contributed by atoms with Gasteiger partial charge in [-0.1, -0.05) is 24.3 Å². The summed E-state index contributed by atoms with van der Waals surface area (Å²) in [6.07, 6.45) is 8.50. The highest BCUT2D eigenvalue weighted by Crippen LogP contribution is 2.27. The van der Waals surface area contributed by atoms with Crippen molar-refractivity contribution in [1.29, 1.82) is 0 Å². The van der Waals surface area contributed by atoms with E-state index >= 15 is 0 Å². The normalized spacial score (nSPS) is 12.1. The second kappa shape index (κ2) is 6.60. The maximum Gasteiger partial charge on any atom is 0.275 e. The van der Waals surface area contributed by atoms with Gasteiger partial charge in [0.25, 0.3) is 5.56 Å². The molecule has 0 saturated heterocycles. The monoisotopic (exact) mass is 357 g/mol. The molecule has 0 unspecified atom stereocenters. The van der Waals surface area contributed by atoms with Crippen molar-refractivity contribution in [3.8, 4) is 11.1 Å². The molecule has 1 aromatic carbocycles. The van der Waals surface area contributed by atoms with Gasteiger partial charge in [-0.25, -0.2) is 8.42 Å². The summed E-state index contributed by atoms with van der Waals surface area (Å²) in [4.78, 5) is 15.5. The van der Waals surface area contributed by atoms with Gasteiger partial charge in [-0.3, -0.25) is 9.52 Å². The number of benzene rings is 1. The van der Waals surface area contributed by atoms with E-state index in [1.54, 1.807) is 22.9 Å². The molecule has 0 aliphatic carbocycles. The van der Waals surface area contributed by atoms with Crippen LogP contribution in [0.25, 0.3) is 22.0 Å². The minimum atomic E-state index is -3.31. The third-order valence-corrected chi connectivity index (χ3v) is 4.44. The fourth-order valence-electron chi connectivity index (χ4n) is 2.71. The summed E-state index contributed by atoms with van der Waals surface area (Å²) in [6, 6.07) is 8.95. The van der Waals surface area contributed by atoms with Crippen molar-refractivity contribution < 1.29 is 8.42 Å². The molecule has 3 aromatic rings. The number of sulfonamides is 1. The Balaban J connectivity index is 2.10. The molecule has 6 nitrogen and oxygen atoms in total. The van der Waals surface area contributed by atoms with E-state index in [1.807, 2.05) is 43.5 Å². The van der Waals surface area contributed by atoms with Gasteiger partial charge in [0.05, 0.1) is 6.26 Å². The van der Waals surface area contributed by atoms with Crippen LogP contribution in [0.3, 0.4) is 0 Å². The Morgan fingerprint density at radius 3 is 2.56 bits per heavy atom. The lowest BCUT2D eigenvalue weighted by Crippen LogP contribution is -2.19. The zero-order chi connectivity index (χ0) is 18.0. The number of aromatic amines is 1. The Morgan fingerprint density at radius 1 is 1.20 bits per heavy atom. The van der Waals surface area contributed by atoms with Crippen molar-refractivity contribution in [2.75, 3.05) is 11.0 Å². The smallest absolute Gasteiger partial charge is 0.275 e. The lowest BCUT2D eigenvalue weighted by molar-refractivity contribution is 0.607. The second-order valence-electron chi connectivity index (χ2n) is 5.79. The van der Waals surface area contributed by atoms with Crippen molar-refractivity contribution in [2.45, 2.75) is 13.5 Å². The second-order valence-corrected chi connectivity index (χ2v) is 7.54. The summed E-state index contributed by atoms with van der Waals surface area (Å²) in [6.45, 7) is 2.40. The molecule has 2 aromatic heterocycles. The van der Waals surface area contributed by atoms with E-state index in [4.69, 9.17) is 0 Å². The summed E-state index contributed by atoms with van der Waals surface area (Å²) in [7, 11) is -3.31. The molecule has 0 saturated carbocycles. The summed E-state index contributed by atoms with van der Waals surface area (Å²) in [5, 5.41) is 0.838. The Morgan fingerprint density at radius 2 is 1.92 bits per heavy atom. The number of allylic oxidation sites excluding steroid dienone is 2. The van der Waals surface area contributed by atoms with E-state index in [0.29, 0.717) is 17.7 Å². The summed E-state index contributed by atoms with van der Waals surface area (Å²) < 4.78 is 26.7. The highest BCUT2D eigenvalue weighted by molar-refractivity contribution is 7.92. The molecule has 0 atom stereocenters. The molecule has 0 aliphatic rings. The van der Waals surface area contributed by atoms with E-state index in [2.05, 4.69) is 9.71 Å². The molecule has 25 heavy (non-hydrogen) atoms. The summed E-state index contributed by atoms with van der Waals surface area (Å²) in [5.74, 6) is 0. The maximum atomic E-state index is 12.5. The molecule has 0 bridgehead atoms. The molecule has 0 spiro atoms. The highest BCUT2D eigenvalue weighted by atomic mass is 32.2. The Labute approximate surface area is 145 Å². The molecule has 2 N–H and O–H groups in total. The number of nitrogens with one attached hydrogen (secondary N) is 2. The Kier molecular flexibility index (Phi) is 4.50. The fourth-order valence-corrected chi connectivity index (χ4v) is 3.28. The first kappa shape index (κ1) is 17.0. The lowest BCUT2D eigenvalue weighted by Gasteiger charge is -2.10. The molecule has 130 valence electrons.